The van der Waals surface area contributed by atoms with Crippen molar-refractivity contribution in [2.24, 2.45) is 0 Å². The van der Waals surface area contributed by atoms with Crippen LogP contribution in [0.2, 0.25) is 0 Å². The Balaban J connectivity index is 1.27. The van der Waals surface area contributed by atoms with Gasteiger partial charge in [0.1, 0.15) is 0 Å². The molecule has 5 rings (SSSR count). The lowest BCUT2D eigenvalue weighted by Gasteiger charge is -2.26. The summed E-state index contributed by atoms with van der Waals surface area (Å²) >= 11 is 1.26. The minimum absolute atomic E-state index is 0.175. The van der Waals surface area contributed by atoms with Gasteiger partial charge < -0.3 is 13.6 Å². The fraction of sp³-hybridized carbons (Fsp3) is 0.273. The molecule has 1 saturated heterocycles. The third-order valence-electron chi connectivity index (χ3n) is 5.15. The van der Waals surface area contributed by atoms with Crippen molar-refractivity contribution in [1.82, 2.24) is 24.7 Å². The highest BCUT2D eigenvalue weighted by atomic mass is 32.2. The molecule has 0 saturated carbocycles. The van der Waals surface area contributed by atoms with Crippen molar-refractivity contribution in [3.63, 3.8) is 0 Å². The molecule has 4 aromatic rings. The third-order valence-corrected chi connectivity index (χ3v) is 7.84. The van der Waals surface area contributed by atoms with E-state index in [1.807, 2.05) is 31.2 Å². The van der Waals surface area contributed by atoms with Crippen LogP contribution < -0.4 is 0 Å². The maximum atomic E-state index is 12.9. The summed E-state index contributed by atoms with van der Waals surface area (Å²) in [5, 5.41) is 16.6. The van der Waals surface area contributed by atoms with Crippen LogP contribution in [0, 0.1) is 6.92 Å². The molecule has 0 bridgehead atoms. The maximum Gasteiger partial charge on any atom is 0.277 e. The molecule has 0 spiro atoms. The zero-order valence-corrected chi connectivity index (χ0v) is 19.9. The first-order valence-corrected chi connectivity index (χ1v) is 13.0. The molecule has 12 heteroatoms. The smallest absolute Gasteiger partial charge is 0.277 e. The van der Waals surface area contributed by atoms with Gasteiger partial charge >= 0.3 is 0 Å². The van der Waals surface area contributed by atoms with Crippen LogP contribution in [-0.4, -0.2) is 59.4 Å². The zero-order valence-electron chi connectivity index (χ0n) is 18.2. The van der Waals surface area contributed by atoms with Crippen LogP contribution in [0.4, 0.5) is 0 Å². The second-order valence-electron chi connectivity index (χ2n) is 7.58. The molecular formula is C22H21N5O5S2. The molecule has 2 aromatic carbocycles. The van der Waals surface area contributed by atoms with Crippen molar-refractivity contribution < 1.29 is 22.0 Å². The number of rotatable bonds is 7. The van der Waals surface area contributed by atoms with Gasteiger partial charge in [0.05, 0.1) is 23.9 Å². The van der Waals surface area contributed by atoms with E-state index >= 15 is 0 Å². The first-order chi connectivity index (χ1) is 16.5. The molecule has 0 aliphatic carbocycles. The number of aromatic nitrogens is 4. The Labute approximate surface area is 200 Å². The van der Waals surface area contributed by atoms with Gasteiger partial charge in [-0.1, -0.05) is 35.5 Å². The highest BCUT2D eigenvalue weighted by Crippen LogP contribution is 2.28. The van der Waals surface area contributed by atoms with Crippen LogP contribution in [0.5, 0.6) is 0 Å². The monoisotopic (exact) mass is 499 g/mol. The summed E-state index contributed by atoms with van der Waals surface area (Å²) in [5.41, 5.74) is 2.48. The molecule has 3 heterocycles. The molecule has 34 heavy (non-hydrogen) atoms. The van der Waals surface area contributed by atoms with E-state index < -0.39 is 10.0 Å². The minimum atomic E-state index is -3.62. The summed E-state index contributed by atoms with van der Waals surface area (Å²) < 4.78 is 44.0. The summed E-state index contributed by atoms with van der Waals surface area (Å²) in [6.45, 7) is 3.42. The fourth-order valence-electron chi connectivity index (χ4n) is 3.44. The highest BCUT2D eigenvalue weighted by molar-refractivity contribution is 7.98. The van der Waals surface area contributed by atoms with Gasteiger partial charge in [-0.3, -0.25) is 0 Å². The predicted molar refractivity (Wildman–Crippen MR) is 123 cm³/mol. The summed E-state index contributed by atoms with van der Waals surface area (Å²) in [7, 11) is -3.62. The summed E-state index contributed by atoms with van der Waals surface area (Å²) in [6, 6.07) is 14.3. The number of thioether (sulfide) groups is 1. The van der Waals surface area contributed by atoms with E-state index in [9.17, 15) is 8.42 Å². The Morgan fingerprint density at radius 1 is 0.912 bits per heavy atom. The Bertz CT molecular complexity index is 1400. The van der Waals surface area contributed by atoms with Gasteiger partial charge in [0.2, 0.25) is 27.7 Å². The normalized spacial score (nSPS) is 15.0. The van der Waals surface area contributed by atoms with E-state index in [1.54, 1.807) is 24.3 Å². The van der Waals surface area contributed by atoms with Crippen LogP contribution >= 0.6 is 11.8 Å². The van der Waals surface area contributed by atoms with E-state index in [4.69, 9.17) is 13.6 Å². The summed E-state index contributed by atoms with van der Waals surface area (Å²) in [4.78, 5) is 0.175. The number of sulfonamides is 1. The summed E-state index contributed by atoms with van der Waals surface area (Å²) in [6.07, 6.45) is 0. The second kappa shape index (κ2) is 9.66. The number of nitrogens with zero attached hydrogens (tertiary/aromatic N) is 5. The summed E-state index contributed by atoms with van der Waals surface area (Å²) in [5.74, 6) is 1.46. The number of morpholine rings is 1. The molecule has 10 nitrogen and oxygen atoms in total. The average Bonchev–Trinajstić information content (AvgIpc) is 3.53. The number of ether oxygens (including phenoxy) is 1. The number of benzene rings is 2. The fourth-order valence-corrected chi connectivity index (χ4v) is 5.49. The Morgan fingerprint density at radius 3 is 2.41 bits per heavy atom. The lowest BCUT2D eigenvalue weighted by atomic mass is 10.1. The Kier molecular flexibility index (Phi) is 6.46. The minimum Gasteiger partial charge on any atom is -0.420 e. The first kappa shape index (κ1) is 22.7. The molecule has 0 radical (unpaired) electrons. The maximum absolute atomic E-state index is 12.9. The van der Waals surface area contributed by atoms with Crippen molar-refractivity contribution in [1.29, 1.82) is 0 Å². The van der Waals surface area contributed by atoms with Crippen molar-refractivity contribution in [3.05, 3.63) is 60.0 Å². The first-order valence-electron chi connectivity index (χ1n) is 10.5. The topological polar surface area (TPSA) is 124 Å². The van der Waals surface area contributed by atoms with E-state index in [0.29, 0.717) is 54.6 Å². The lowest BCUT2D eigenvalue weighted by Crippen LogP contribution is -2.40. The van der Waals surface area contributed by atoms with Crippen LogP contribution in [-0.2, 0) is 20.5 Å². The number of hydrogen-bond acceptors (Lipinski definition) is 10. The standard InChI is InChI=1S/C22H21N5O5S2/c1-15-4-2-5-16(12-15)20-24-23-19(31-20)14-33-22-26-25-21(32-22)17-6-3-7-18(13-17)34(28,29)27-8-10-30-11-9-27/h2-7,12-13H,8-11,14H2,1H3. The molecule has 2 aromatic heterocycles. The van der Waals surface area contributed by atoms with Crippen molar-refractivity contribution >= 4 is 21.8 Å². The van der Waals surface area contributed by atoms with Gasteiger partial charge in [-0.25, -0.2) is 8.42 Å². The van der Waals surface area contributed by atoms with E-state index in [0.717, 1.165) is 11.1 Å². The van der Waals surface area contributed by atoms with Crippen LogP contribution in [0.3, 0.4) is 0 Å². The van der Waals surface area contributed by atoms with E-state index in [-0.39, 0.29) is 10.8 Å². The predicted octanol–water partition coefficient (Wildman–Crippen LogP) is 3.41. The highest BCUT2D eigenvalue weighted by Gasteiger charge is 2.27. The molecule has 0 atom stereocenters. The van der Waals surface area contributed by atoms with Crippen LogP contribution in [0.1, 0.15) is 11.5 Å². The molecule has 1 aliphatic rings. The Morgan fingerprint density at radius 2 is 1.62 bits per heavy atom. The molecule has 0 N–H and O–H groups in total. The van der Waals surface area contributed by atoms with Gasteiger partial charge in [0.15, 0.2) is 0 Å². The van der Waals surface area contributed by atoms with E-state index in [2.05, 4.69) is 20.4 Å². The average molecular weight is 500 g/mol. The molecule has 1 aliphatic heterocycles. The zero-order chi connectivity index (χ0) is 23.5. The molecule has 0 amide bonds. The van der Waals surface area contributed by atoms with E-state index in [1.165, 1.54) is 16.1 Å². The van der Waals surface area contributed by atoms with Gasteiger partial charge in [-0.2, -0.15) is 4.31 Å². The SMILES string of the molecule is Cc1cccc(-c2nnc(CSc3nnc(-c4cccc(S(=O)(=O)N5CCOCC5)c4)o3)o2)c1. The van der Waals surface area contributed by atoms with Crippen LogP contribution in [0.25, 0.3) is 22.9 Å². The van der Waals surface area contributed by atoms with Crippen LogP contribution in [0.15, 0.2) is 67.5 Å². The molecule has 0 unspecified atom stereocenters. The van der Waals surface area contributed by atoms with Crippen molar-refractivity contribution in [2.75, 3.05) is 26.3 Å². The molecule has 1 fully saturated rings. The van der Waals surface area contributed by atoms with Crippen molar-refractivity contribution in [2.45, 2.75) is 22.8 Å². The quantitative estimate of drug-likeness (QED) is 0.349. The van der Waals surface area contributed by atoms with Crippen molar-refractivity contribution in [3.8, 4) is 22.9 Å². The number of hydrogen-bond donors (Lipinski definition) is 0. The lowest BCUT2D eigenvalue weighted by molar-refractivity contribution is 0.0730. The largest absolute Gasteiger partial charge is 0.420 e. The van der Waals surface area contributed by atoms with Gasteiger partial charge in [0, 0.05) is 24.2 Å². The second-order valence-corrected chi connectivity index (χ2v) is 10.4. The third kappa shape index (κ3) is 4.89. The van der Waals surface area contributed by atoms with Gasteiger partial charge in [-0.15, -0.1) is 20.4 Å². The van der Waals surface area contributed by atoms with Gasteiger partial charge in [-0.05, 0) is 37.3 Å². The van der Waals surface area contributed by atoms with Gasteiger partial charge in [0.25, 0.3) is 5.22 Å². The molecule has 176 valence electrons. The number of aryl methyl sites for hydroxylation is 1. The Hall–Kier alpha value is -3.06. The molecular weight excluding hydrogens is 478 g/mol.